The van der Waals surface area contributed by atoms with Crippen LogP contribution in [0.2, 0.25) is 0 Å². The first-order chi connectivity index (χ1) is 10.0. The van der Waals surface area contributed by atoms with E-state index in [0.717, 1.165) is 11.2 Å². The van der Waals surface area contributed by atoms with Gasteiger partial charge in [-0.15, -0.1) is 0 Å². The summed E-state index contributed by atoms with van der Waals surface area (Å²) in [7, 11) is 0. The van der Waals surface area contributed by atoms with Crippen molar-refractivity contribution in [3.8, 4) is 0 Å². The van der Waals surface area contributed by atoms with E-state index < -0.39 is 0 Å². The Morgan fingerprint density at radius 3 is 2.86 bits per heavy atom. The van der Waals surface area contributed by atoms with Gasteiger partial charge in [0, 0.05) is 43.2 Å². The molecule has 1 saturated heterocycles. The van der Waals surface area contributed by atoms with Crippen molar-refractivity contribution < 1.29 is 0 Å². The van der Waals surface area contributed by atoms with E-state index in [1.54, 1.807) is 0 Å². The lowest BCUT2D eigenvalue weighted by Gasteiger charge is -2.45. The highest BCUT2D eigenvalue weighted by Crippen LogP contribution is 2.40. The average Bonchev–Trinajstić information content (AvgIpc) is 2.45. The van der Waals surface area contributed by atoms with E-state index in [2.05, 4.69) is 49.7 Å². The molecule has 0 aromatic carbocycles. The number of hydrogen-bond acceptors (Lipinski definition) is 3. The molecule has 0 aromatic rings. The second kappa shape index (κ2) is 8.21. The summed E-state index contributed by atoms with van der Waals surface area (Å²) in [5.41, 5.74) is 0.530. The second-order valence-corrected chi connectivity index (χ2v) is 9.28. The zero-order chi connectivity index (χ0) is 15.3. The van der Waals surface area contributed by atoms with E-state index in [9.17, 15) is 0 Å². The maximum Gasteiger partial charge on any atom is 0.0172 e. The number of thioether (sulfide) groups is 1. The predicted octanol–water partition coefficient (Wildman–Crippen LogP) is 4.01. The first-order valence-electron chi connectivity index (χ1n) is 9.10. The number of nitrogens with zero attached hydrogens (tertiary/aromatic N) is 1. The maximum absolute atomic E-state index is 3.76. The van der Waals surface area contributed by atoms with Gasteiger partial charge in [-0.2, -0.15) is 11.8 Å². The van der Waals surface area contributed by atoms with Gasteiger partial charge in [0.05, 0.1) is 0 Å². The van der Waals surface area contributed by atoms with Crippen molar-refractivity contribution in [3.63, 3.8) is 0 Å². The van der Waals surface area contributed by atoms with E-state index in [1.165, 1.54) is 64.0 Å². The Kier molecular flexibility index (Phi) is 6.89. The third kappa shape index (κ3) is 5.44. The molecular formula is C18H36N2S. The first kappa shape index (κ1) is 17.6. The van der Waals surface area contributed by atoms with Crippen LogP contribution >= 0.6 is 11.8 Å². The Hall–Kier alpha value is 0.270. The van der Waals surface area contributed by atoms with Crippen molar-refractivity contribution in [2.45, 2.75) is 71.1 Å². The summed E-state index contributed by atoms with van der Waals surface area (Å²) in [6, 6.07) is 0.611. The molecule has 1 aliphatic carbocycles. The molecule has 3 unspecified atom stereocenters. The van der Waals surface area contributed by atoms with Gasteiger partial charge in [-0.05, 0) is 30.6 Å². The zero-order valence-corrected chi connectivity index (χ0v) is 15.5. The Labute approximate surface area is 136 Å². The molecule has 0 spiro atoms. The van der Waals surface area contributed by atoms with Crippen molar-refractivity contribution in [2.24, 2.45) is 11.3 Å². The summed E-state index contributed by atoms with van der Waals surface area (Å²) in [6.07, 6.45) is 7.05. The fraction of sp³-hybridized carbons (Fsp3) is 1.00. The first-order valence-corrected chi connectivity index (χ1v) is 10.2. The van der Waals surface area contributed by atoms with E-state index in [1.807, 2.05) is 0 Å². The van der Waals surface area contributed by atoms with Gasteiger partial charge in [0.15, 0.2) is 0 Å². The molecule has 3 heteroatoms. The molecule has 1 N–H and O–H groups in total. The topological polar surface area (TPSA) is 15.3 Å². The van der Waals surface area contributed by atoms with E-state index in [0.29, 0.717) is 11.5 Å². The molecule has 2 fully saturated rings. The van der Waals surface area contributed by atoms with Crippen LogP contribution in [0.15, 0.2) is 0 Å². The summed E-state index contributed by atoms with van der Waals surface area (Å²) in [6.45, 7) is 14.5. The van der Waals surface area contributed by atoms with Crippen LogP contribution in [-0.4, -0.2) is 48.1 Å². The Bertz CT molecular complexity index is 308. The Morgan fingerprint density at radius 2 is 2.19 bits per heavy atom. The Balaban J connectivity index is 1.97. The van der Waals surface area contributed by atoms with Crippen molar-refractivity contribution in [2.75, 3.05) is 31.9 Å². The van der Waals surface area contributed by atoms with Gasteiger partial charge in [-0.1, -0.05) is 40.5 Å². The minimum absolute atomic E-state index is 0.530. The molecule has 0 aromatic heterocycles. The van der Waals surface area contributed by atoms with E-state index in [4.69, 9.17) is 0 Å². The fourth-order valence-electron chi connectivity index (χ4n) is 4.19. The van der Waals surface area contributed by atoms with Gasteiger partial charge < -0.3 is 10.2 Å². The largest absolute Gasteiger partial charge is 0.314 e. The molecule has 2 aliphatic rings. The highest BCUT2D eigenvalue weighted by Gasteiger charge is 2.37. The van der Waals surface area contributed by atoms with Gasteiger partial charge in [0.1, 0.15) is 0 Å². The molecule has 2 nitrogen and oxygen atoms in total. The Morgan fingerprint density at radius 1 is 1.38 bits per heavy atom. The van der Waals surface area contributed by atoms with Crippen LogP contribution in [0, 0.1) is 11.3 Å². The van der Waals surface area contributed by atoms with Crippen LogP contribution in [-0.2, 0) is 0 Å². The molecule has 0 radical (unpaired) electrons. The zero-order valence-electron chi connectivity index (χ0n) is 14.7. The molecule has 124 valence electrons. The van der Waals surface area contributed by atoms with Crippen LogP contribution < -0.4 is 5.32 Å². The maximum atomic E-state index is 3.76. The highest BCUT2D eigenvalue weighted by atomic mass is 32.2. The quantitative estimate of drug-likeness (QED) is 0.798. The van der Waals surface area contributed by atoms with Crippen LogP contribution in [0.3, 0.4) is 0 Å². The van der Waals surface area contributed by atoms with Crippen molar-refractivity contribution in [1.82, 2.24) is 10.2 Å². The van der Waals surface area contributed by atoms with Crippen molar-refractivity contribution in [1.29, 1.82) is 0 Å². The molecule has 1 saturated carbocycles. The van der Waals surface area contributed by atoms with Crippen LogP contribution in [0.25, 0.3) is 0 Å². The number of hydrogen-bond donors (Lipinski definition) is 1. The van der Waals surface area contributed by atoms with Crippen LogP contribution in [0.4, 0.5) is 0 Å². The fourth-order valence-corrected chi connectivity index (χ4v) is 5.44. The van der Waals surface area contributed by atoms with Crippen molar-refractivity contribution in [3.05, 3.63) is 0 Å². The van der Waals surface area contributed by atoms with Gasteiger partial charge in [0.25, 0.3) is 0 Å². The average molecular weight is 313 g/mol. The molecule has 2 rings (SSSR count). The number of rotatable bonds is 6. The summed E-state index contributed by atoms with van der Waals surface area (Å²) >= 11 is 2.19. The summed E-state index contributed by atoms with van der Waals surface area (Å²) in [5, 5.41) is 4.63. The molecule has 1 heterocycles. The molecule has 0 bridgehead atoms. The van der Waals surface area contributed by atoms with Gasteiger partial charge in [0.2, 0.25) is 0 Å². The lowest BCUT2D eigenvalue weighted by atomic mass is 9.69. The minimum atomic E-state index is 0.530. The third-order valence-electron chi connectivity index (χ3n) is 5.31. The second-order valence-electron chi connectivity index (χ2n) is 7.87. The van der Waals surface area contributed by atoms with Gasteiger partial charge in [-0.25, -0.2) is 0 Å². The minimum Gasteiger partial charge on any atom is -0.314 e. The molecule has 3 atom stereocenters. The van der Waals surface area contributed by atoms with Crippen LogP contribution in [0.1, 0.15) is 59.8 Å². The van der Waals surface area contributed by atoms with E-state index >= 15 is 0 Å². The highest BCUT2D eigenvalue weighted by molar-refractivity contribution is 8.00. The normalized spacial score (nSPS) is 35.3. The smallest absolute Gasteiger partial charge is 0.0172 e. The van der Waals surface area contributed by atoms with Gasteiger partial charge in [-0.3, -0.25) is 0 Å². The lowest BCUT2D eigenvalue weighted by Crippen LogP contribution is -2.50. The summed E-state index contributed by atoms with van der Waals surface area (Å²) < 4.78 is 0. The van der Waals surface area contributed by atoms with Gasteiger partial charge >= 0.3 is 0 Å². The standard InChI is InChI=1S/C18H36N2S/c1-5-17-12-20(9-10-21-17)14-18(13-19-15(2)3)8-6-7-16(4)11-18/h15-17,19H,5-14H2,1-4H3. The molecule has 0 amide bonds. The molecule has 1 aliphatic heterocycles. The summed E-state index contributed by atoms with van der Waals surface area (Å²) in [4.78, 5) is 2.78. The number of nitrogens with one attached hydrogen (secondary N) is 1. The predicted molar refractivity (Wildman–Crippen MR) is 96.2 cm³/mol. The lowest BCUT2D eigenvalue weighted by molar-refractivity contribution is 0.0793. The molecular weight excluding hydrogens is 276 g/mol. The monoisotopic (exact) mass is 312 g/mol. The third-order valence-corrected chi connectivity index (χ3v) is 6.68. The van der Waals surface area contributed by atoms with Crippen LogP contribution in [0.5, 0.6) is 0 Å². The van der Waals surface area contributed by atoms with E-state index in [-0.39, 0.29) is 0 Å². The molecule has 21 heavy (non-hydrogen) atoms. The van der Waals surface area contributed by atoms with Crippen molar-refractivity contribution >= 4 is 11.8 Å². The summed E-state index contributed by atoms with van der Waals surface area (Å²) in [5.74, 6) is 2.25. The SMILES string of the molecule is CCC1CN(CC2(CNC(C)C)CCCC(C)C2)CCS1.